The molecule has 0 bridgehead atoms. The van der Waals surface area contributed by atoms with Crippen LogP contribution in [0.4, 0.5) is 5.69 Å². The number of fused-ring (bicyclic) bond motifs is 1. The summed E-state index contributed by atoms with van der Waals surface area (Å²) < 4.78 is 0. The predicted octanol–water partition coefficient (Wildman–Crippen LogP) is 4.55. The highest BCUT2D eigenvalue weighted by molar-refractivity contribution is 5.58. The van der Waals surface area contributed by atoms with Crippen molar-refractivity contribution in [1.29, 1.82) is 0 Å². The number of anilines is 1. The van der Waals surface area contributed by atoms with Crippen molar-refractivity contribution >= 4 is 5.69 Å². The van der Waals surface area contributed by atoms with E-state index in [-0.39, 0.29) is 0 Å². The maximum Gasteiger partial charge on any atom is 0.0378 e. The minimum atomic E-state index is 0.610. The van der Waals surface area contributed by atoms with Crippen LogP contribution in [-0.2, 0) is 0 Å². The summed E-state index contributed by atoms with van der Waals surface area (Å²) in [7, 11) is 0. The van der Waals surface area contributed by atoms with Gasteiger partial charge in [-0.3, -0.25) is 0 Å². The van der Waals surface area contributed by atoms with Crippen LogP contribution in [0.25, 0.3) is 0 Å². The second-order valence-corrected chi connectivity index (χ2v) is 4.98. The van der Waals surface area contributed by atoms with Gasteiger partial charge in [-0.15, -0.1) is 0 Å². The van der Waals surface area contributed by atoms with Gasteiger partial charge in [-0.1, -0.05) is 50.8 Å². The van der Waals surface area contributed by atoms with Gasteiger partial charge < -0.3 is 5.32 Å². The molecule has 1 aliphatic rings. The third kappa shape index (κ3) is 2.40. The van der Waals surface area contributed by atoms with Crippen molar-refractivity contribution in [3.05, 3.63) is 29.8 Å². The zero-order valence-electron chi connectivity index (χ0n) is 10.5. The molecule has 0 radical (unpaired) electrons. The second-order valence-electron chi connectivity index (χ2n) is 4.98. The summed E-state index contributed by atoms with van der Waals surface area (Å²) in [6.07, 6.45) is 6.82. The molecular formula is C15H23N. The standard InChI is InChI=1S/C15H23N/c1-3-4-5-6-9-13-12(2)16-15-11-8-7-10-14(13)15/h7-8,10-13,16H,3-6,9H2,1-2H3. The fourth-order valence-corrected chi connectivity index (χ4v) is 2.76. The summed E-state index contributed by atoms with van der Waals surface area (Å²) in [6.45, 7) is 4.58. The number of nitrogens with one attached hydrogen (secondary N) is 1. The largest absolute Gasteiger partial charge is 0.382 e. The van der Waals surface area contributed by atoms with Crippen molar-refractivity contribution in [2.45, 2.75) is 57.9 Å². The van der Waals surface area contributed by atoms with E-state index in [1.165, 1.54) is 43.4 Å². The Morgan fingerprint density at radius 2 is 1.94 bits per heavy atom. The highest BCUT2D eigenvalue weighted by Gasteiger charge is 2.27. The maximum absolute atomic E-state index is 3.59. The molecule has 0 amide bonds. The molecule has 1 heterocycles. The Morgan fingerprint density at radius 3 is 2.75 bits per heavy atom. The molecule has 0 fully saturated rings. The first-order valence-electron chi connectivity index (χ1n) is 6.68. The molecule has 1 aliphatic heterocycles. The molecule has 1 aromatic carbocycles. The molecule has 1 heteroatoms. The molecule has 2 unspecified atom stereocenters. The number of benzene rings is 1. The van der Waals surface area contributed by atoms with Crippen molar-refractivity contribution in [3.8, 4) is 0 Å². The molecule has 16 heavy (non-hydrogen) atoms. The van der Waals surface area contributed by atoms with Gasteiger partial charge >= 0.3 is 0 Å². The average Bonchev–Trinajstić information content (AvgIpc) is 2.61. The molecule has 1 N–H and O–H groups in total. The van der Waals surface area contributed by atoms with Gasteiger partial charge in [0.15, 0.2) is 0 Å². The van der Waals surface area contributed by atoms with Crippen LogP contribution in [0.2, 0.25) is 0 Å². The van der Waals surface area contributed by atoms with Crippen molar-refractivity contribution in [3.63, 3.8) is 0 Å². The van der Waals surface area contributed by atoms with Gasteiger partial charge in [0.2, 0.25) is 0 Å². The lowest BCUT2D eigenvalue weighted by Gasteiger charge is -2.15. The Hall–Kier alpha value is -0.980. The summed E-state index contributed by atoms with van der Waals surface area (Å²) in [6, 6.07) is 9.39. The van der Waals surface area contributed by atoms with Crippen LogP contribution in [0.5, 0.6) is 0 Å². The summed E-state index contributed by atoms with van der Waals surface area (Å²) in [4.78, 5) is 0. The topological polar surface area (TPSA) is 12.0 Å². The van der Waals surface area contributed by atoms with Crippen molar-refractivity contribution in [1.82, 2.24) is 0 Å². The van der Waals surface area contributed by atoms with E-state index in [0.29, 0.717) is 6.04 Å². The van der Waals surface area contributed by atoms with Gasteiger partial charge in [0.1, 0.15) is 0 Å². The molecule has 0 saturated carbocycles. The number of hydrogen-bond donors (Lipinski definition) is 1. The number of unbranched alkanes of at least 4 members (excludes halogenated alkanes) is 3. The smallest absolute Gasteiger partial charge is 0.0378 e. The third-order valence-corrected chi connectivity index (χ3v) is 3.72. The Balaban J connectivity index is 1.94. The van der Waals surface area contributed by atoms with E-state index in [2.05, 4.69) is 43.4 Å². The van der Waals surface area contributed by atoms with E-state index >= 15 is 0 Å². The first-order chi connectivity index (χ1) is 7.83. The van der Waals surface area contributed by atoms with Crippen molar-refractivity contribution in [2.75, 3.05) is 5.32 Å². The summed E-state index contributed by atoms with van der Waals surface area (Å²) in [5.74, 6) is 0.730. The number of para-hydroxylation sites is 1. The molecule has 1 aromatic rings. The minimum Gasteiger partial charge on any atom is -0.382 e. The molecule has 88 valence electrons. The highest BCUT2D eigenvalue weighted by Crippen LogP contribution is 2.38. The van der Waals surface area contributed by atoms with Gasteiger partial charge in [0.05, 0.1) is 0 Å². The maximum atomic E-state index is 3.59. The van der Waals surface area contributed by atoms with Gasteiger partial charge in [0, 0.05) is 17.6 Å². The molecule has 0 spiro atoms. The van der Waals surface area contributed by atoms with Crippen LogP contribution in [0.3, 0.4) is 0 Å². The zero-order chi connectivity index (χ0) is 11.4. The van der Waals surface area contributed by atoms with Crippen molar-refractivity contribution < 1.29 is 0 Å². The Bertz CT molecular complexity index is 332. The summed E-state index contributed by atoms with van der Waals surface area (Å²) >= 11 is 0. The molecular weight excluding hydrogens is 194 g/mol. The van der Waals surface area contributed by atoms with Crippen LogP contribution in [-0.4, -0.2) is 6.04 Å². The van der Waals surface area contributed by atoms with Crippen LogP contribution < -0.4 is 5.32 Å². The molecule has 1 nitrogen and oxygen atoms in total. The Morgan fingerprint density at radius 1 is 1.12 bits per heavy atom. The number of rotatable bonds is 5. The van der Waals surface area contributed by atoms with E-state index < -0.39 is 0 Å². The Kier molecular flexibility index (Phi) is 3.87. The first kappa shape index (κ1) is 11.5. The second kappa shape index (κ2) is 5.38. The van der Waals surface area contributed by atoms with Crippen LogP contribution in [0, 0.1) is 0 Å². The Labute approximate surface area is 99.3 Å². The summed E-state index contributed by atoms with van der Waals surface area (Å²) in [5, 5.41) is 3.59. The lowest BCUT2D eigenvalue weighted by Crippen LogP contribution is -2.15. The molecule has 0 aliphatic carbocycles. The van der Waals surface area contributed by atoms with Crippen LogP contribution >= 0.6 is 0 Å². The molecule has 0 saturated heterocycles. The SMILES string of the molecule is CCCCCCC1c2ccccc2NC1C. The lowest BCUT2D eigenvalue weighted by molar-refractivity contribution is 0.530. The summed E-state index contributed by atoms with van der Waals surface area (Å²) in [5.41, 5.74) is 2.89. The minimum absolute atomic E-state index is 0.610. The zero-order valence-corrected chi connectivity index (χ0v) is 10.5. The van der Waals surface area contributed by atoms with E-state index in [1.54, 1.807) is 0 Å². The molecule has 2 rings (SSSR count). The predicted molar refractivity (Wildman–Crippen MR) is 71.0 cm³/mol. The highest BCUT2D eigenvalue weighted by atomic mass is 15.0. The monoisotopic (exact) mass is 217 g/mol. The normalized spacial score (nSPS) is 22.9. The molecule has 0 aromatic heterocycles. The lowest BCUT2D eigenvalue weighted by atomic mass is 9.90. The van der Waals surface area contributed by atoms with E-state index in [9.17, 15) is 0 Å². The van der Waals surface area contributed by atoms with Gasteiger partial charge in [-0.25, -0.2) is 0 Å². The van der Waals surface area contributed by atoms with Gasteiger partial charge in [-0.05, 0) is 25.0 Å². The van der Waals surface area contributed by atoms with E-state index in [0.717, 1.165) is 5.92 Å². The fourth-order valence-electron chi connectivity index (χ4n) is 2.76. The van der Waals surface area contributed by atoms with Crippen molar-refractivity contribution in [2.24, 2.45) is 0 Å². The van der Waals surface area contributed by atoms with E-state index in [4.69, 9.17) is 0 Å². The van der Waals surface area contributed by atoms with Gasteiger partial charge in [-0.2, -0.15) is 0 Å². The van der Waals surface area contributed by atoms with Gasteiger partial charge in [0.25, 0.3) is 0 Å². The number of hydrogen-bond acceptors (Lipinski definition) is 1. The fraction of sp³-hybridized carbons (Fsp3) is 0.600. The quantitative estimate of drug-likeness (QED) is 0.713. The molecule has 2 atom stereocenters. The third-order valence-electron chi connectivity index (χ3n) is 3.72. The van der Waals surface area contributed by atoms with Crippen LogP contribution in [0.15, 0.2) is 24.3 Å². The van der Waals surface area contributed by atoms with E-state index in [1.807, 2.05) is 0 Å². The average molecular weight is 217 g/mol. The first-order valence-corrected chi connectivity index (χ1v) is 6.68. The van der Waals surface area contributed by atoms with Crippen LogP contribution in [0.1, 0.15) is 57.4 Å².